The number of fused-ring (bicyclic) bond motifs is 1. The maximum absolute atomic E-state index is 14.0. The first-order chi connectivity index (χ1) is 13.9. The number of aryl methyl sites for hydroxylation is 2. The highest BCUT2D eigenvalue weighted by Gasteiger charge is 2.33. The quantitative estimate of drug-likeness (QED) is 0.687. The molecule has 9 heteroatoms. The van der Waals surface area contributed by atoms with Crippen LogP contribution in [0.5, 0.6) is 0 Å². The molecule has 29 heavy (non-hydrogen) atoms. The van der Waals surface area contributed by atoms with Crippen molar-refractivity contribution < 1.29 is 22.0 Å². The number of piperazine rings is 1. The number of carbonyl (C=O) groups excluding carboxylic acids is 1. The fourth-order valence-corrected chi connectivity index (χ4v) is 6.59. The first-order valence-corrected chi connectivity index (χ1v) is 12.0. The van der Waals surface area contributed by atoms with Gasteiger partial charge in [-0.1, -0.05) is 6.42 Å². The minimum absolute atomic E-state index is 0.0507. The van der Waals surface area contributed by atoms with E-state index in [0.717, 1.165) is 42.1 Å². The predicted octanol–water partition coefficient (Wildman–Crippen LogP) is 3.44. The molecule has 0 bridgehead atoms. The highest BCUT2D eigenvalue weighted by atomic mass is 32.2. The Morgan fingerprint density at radius 3 is 2.45 bits per heavy atom. The van der Waals surface area contributed by atoms with Crippen molar-refractivity contribution >= 4 is 27.3 Å². The molecule has 2 heterocycles. The Morgan fingerprint density at radius 1 is 0.966 bits per heavy atom. The molecule has 0 N–H and O–H groups in total. The van der Waals surface area contributed by atoms with Gasteiger partial charge in [0.25, 0.3) is 5.91 Å². The summed E-state index contributed by atoms with van der Waals surface area (Å²) in [6.07, 6.45) is 5.52. The second kappa shape index (κ2) is 8.12. The van der Waals surface area contributed by atoms with Crippen LogP contribution in [-0.4, -0.2) is 49.7 Å². The molecule has 0 spiro atoms. The summed E-state index contributed by atoms with van der Waals surface area (Å²) < 4.78 is 53.9. The summed E-state index contributed by atoms with van der Waals surface area (Å²) in [6.45, 7) is 0.541. The van der Waals surface area contributed by atoms with Crippen molar-refractivity contribution in [3.8, 4) is 0 Å². The van der Waals surface area contributed by atoms with Crippen LogP contribution in [0.3, 0.4) is 0 Å². The number of nitrogens with zero attached hydrogens (tertiary/aromatic N) is 2. The van der Waals surface area contributed by atoms with E-state index in [2.05, 4.69) is 0 Å². The summed E-state index contributed by atoms with van der Waals surface area (Å²) in [5.74, 6) is -1.88. The molecule has 0 radical (unpaired) electrons. The lowest BCUT2D eigenvalue weighted by atomic mass is 10.1. The van der Waals surface area contributed by atoms with Crippen molar-refractivity contribution in [2.75, 3.05) is 26.2 Å². The van der Waals surface area contributed by atoms with Crippen LogP contribution in [0.15, 0.2) is 29.2 Å². The van der Waals surface area contributed by atoms with Gasteiger partial charge < -0.3 is 4.90 Å². The van der Waals surface area contributed by atoms with E-state index in [1.54, 1.807) is 16.2 Å². The van der Waals surface area contributed by atoms with Gasteiger partial charge in [-0.2, -0.15) is 4.31 Å². The topological polar surface area (TPSA) is 57.7 Å². The van der Waals surface area contributed by atoms with Gasteiger partial charge >= 0.3 is 0 Å². The molecule has 0 atom stereocenters. The van der Waals surface area contributed by atoms with E-state index in [0.29, 0.717) is 10.9 Å². The van der Waals surface area contributed by atoms with Gasteiger partial charge in [0.1, 0.15) is 16.5 Å². The van der Waals surface area contributed by atoms with Gasteiger partial charge in [0, 0.05) is 31.1 Å². The van der Waals surface area contributed by atoms with E-state index in [-0.39, 0.29) is 32.1 Å². The standard InChI is InChI=1S/C20H22F2N2O3S2/c21-15-6-7-16(22)19(13-15)29(26,27)24-10-8-23(9-11-24)20(25)18-12-14-4-2-1-3-5-17(14)28-18/h6-7,12-13H,1-5,8-11H2. The van der Waals surface area contributed by atoms with Crippen molar-refractivity contribution in [3.05, 3.63) is 51.2 Å². The van der Waals surface area contributed by atoms with Crippen LogP contribution in [0.1, 0.15) is 39.4 Å². The molecule has 1 aromatic heterocycles. The zero-order valence-electron chi connectivity index (χ0n) is 15.9. The van der Waals surface area contributed by atoms with Crippen LogP contribution in [0.4, 0.5) is 8.78 Å². The zero-order valence-corrected chi connectivity index (χ0v) is 17.5. The molecule has 0 unspecified atom stereocenters. The van der Waals surface area contributed by atoms with Gasteiger partial charge in [-0.25, -0.2) is 17.2 Å². The number of halogens is 2. The van der Waals surface area contributed by atoms with Crippen LogP contribution >= 0.6 is 11.3 Å². The van der Waals surface area contributed by atoms with Crippen molar-refractivity contribution in [2.24, 2.45) is 0 Å². The molecule has 1 aliphatic carbocycles. The Labute approximate surface area is 173 Å². The third-order valence-corrected chi connectivity index (χ3v) is 8.63. The molecule has 156 valence electrons. The third kappa shape index (κ3) is 4.08. The summed E-state index contributed by atoms with van der Waals surface area (Å²) in [4.78, 5) is 15.8. The van der Waals surface area contributed by atoms with Crippen molar-refractivity contribution in [3.63, 3.8) is 0 Å². The second-order valence-electron chi connectivity index (χ2n) is 7.39. The molecule has 0 saturated carbocycles. The first kappa shape index (κ1) is 20.4. The number of hydrogen-bond donors (Lipinski definition) is 0. The predicted molar refractivity (Wildman–Crippen MR) is 107 cm³/mol. The Balaban J connectivity index is 1.45. The lowest BCUT2D eigenvalue weighted by Gasteiger charge is -2.33. The van der Waals surface area contributed by atoms with Crippen LogP contribution < -0.4 is 0 Å². The molecular formula is C20H22F2N2O3S2. The molecule has 4 rings (SSSR count). The summed E-state index contributed by atoms with van der Waals surface area (Å²) in [6, 6.07) is 4.37. The van der Waals surface area contributed by atoms with Crippen LogP contribution in [-0.2, 0) is 22.9 Å². The smallest absolute Gasteiger partial charge is 0.264 e. The van der Waals surface area contributed by atoms with E-state index in [4.69, 9.17) is 0 Å². The molecule has 1 saturated heterocycles. The molecule has 5 nitrogen and oxygen atoms in total. The van der Waals surface area contributed by atoms with Crippen LogP contribution in [0.2, 0.25) is 0 Å². The molecule has 2 aromatic rings. The fourth-order valence-electron chi connectivity index (χ4n) is 3.87. The molecular weight excluding hydrogens is 418 g/mol. The third-order valence-electron chi connectivity index (χ3n) is 5.49. The fraction of sp³-hybridized carbons (Fsp3) is 0.450. The highest BCUT2D eigenvalue weighted by molar-refractivity contribution is 7.89. The lowest BCUT2D eigenvalue weighted by molar-refractivity contribution is 0.0702. The largest absolute Gasteiger partial charge is 0.335 e. The summed E-state index contributed by atoms with van der Waals surface area (Å²) >= 11 is 1.54. The first-order valence-electron chi connectivity index (χ1n) is 9.72. The van der Waals surface area contributed by atoms with Gasteiger partial charge in [0.2, 0.25) is 10.0 Å². The summed E-state index contributed by atoms with van der Waals surface area (Å²) in [5, 5.41) is 0. The van der Waals surface area contributed by atoms with Crippen LogP contribution in [0.25, 0.3) is 0 Å². The Bertz CT molecular complexity index is 1000. The van der Waals surface area contributed by atoms with Crippen molar-refractivity contribution in [2.45, 2.75) is 37.0 Å². The minimum Gasteiger partial charge on any atom is -0.335 e. The van der Waals surface area contributed by atoms with Crippen molar-refractivity contribution in [1.29, 1.82) is 0 Å². The number of benzene rings is 1. The van der Waals surface area contributed by atoms with E-state index in [9.17, 15) is 22.0 Å². The maximum atomic E-state index is 14.0. The maximum Gasteiger partial charge on any atom is 0.264 e. The molecule has 1 aliphatic heterocycles. The average molecular weight is 441 g/mol. The molecule has 2 aliphatic rings. The average Bonchev–Trinajstić information content (AvgIpc) is 2.99. The molecule has 1 fully saturated rings. The van der Waals surface area contributed by atoms with Gasteiger partial charge in [0.15, 0.2) is 0 Å². The summed E-state index contributed by atoms with van der Waals surface area (Å²) in [5.41, 5.74) is 1.26. The number of amides is 1. The molecule has 1 aromatic carbocycles. The normalized spacial score (nSPS) is 18.3. The van der Waals surface area contributed by atoms with Crippen molar-refractivity contribution in [1.82, 2.24) is 9.21 Å². The van der Waals surface area contributed by atoms with E-state index in [1.807, 2.05) is 6.07 Å². The number of rotatable bonds is 3. The van der Waals surface area contributed by atoms with Gasteiger partial charge in [-0.3, -0.25) is 4.79 Å². The minimum atomic E-state index is -4.15. The number of hydrogen-bond acceptors (Lipinski definition) is 4. The Morgan fingerprint density at radius 2 is 1.69 bits per heavy atom. The van der Waals surface area contributed by atoms with Gasteiger partial charge in [-0.05, 0) is 55.5 Å². The highest BCUT2D eigenvalue weighted by Crippen LogP contribution is 2.30. The Kier molecular flexibility index (Phi) is 5.72. The monoisotopic (exact) mass is 440 g/mol. The Hall–Kier alpha value is -1.84. The number of sulfonamides is 1. The van der Waals surface area contributed by atoms with Gasteiger partial charge in [0.05, 0.1) is 4.88 Å². The van der Waals surface area contributed by atoms with E-state index < -0.39 is 26.6 Å². The molecule has 1 amide bonds. The van der Waals surface area contributed by atoms with Gasteiger partial charge in [-0.15, -0.1) is 11.3 Å². The summed E-state index contributed by atoms with van der Waals surface area (Å²) in [7, 11) is -4.15. The SMILES string of the molecule is O=C(c1cc2c(s1)CCCCC2)N1CCN(S(=O)(=O)c2cc(F)ccc2F)CC1. The number of carbonyl (C=O) groups is 1. The second-order valence-corrected chi connectivity index (χ2v) is 10.4. The van der Waals surface area contributed by atoms with E-state index >= 15 is 0 Å². The zero-order chi connectivity index (χ0) is 20.6. The lowest BCUT2D eigenvalue weighted by Crippen LogP contribution is -2.50. The van der Waals surface area contributed by atoms with E-state index in [1.165, 1.54) is 16.9 Å². The van der Waals surface area contributed by atoms with Crippen LogP contribution in [0, 0.1) is 11.6 Å². The number of thiophene rings is 1.